The van der Waals surface area contributed by atoms with E-state index in [1.807, 2.05) is 97.1 Å². The number of hydrogen-bond acceptors (Lipinski definition) is 3. The Hall–Kier alpha value is -4.37. The molecule has 0 saturated heterocycles. The smallest absolute Gasteiger partial charge is 0.227 e. The Morgan fingerprint density at radius 1 is 0.438 bits per heavy atom. The Morgan fingerprint density at radius 3 is 1.62 bits per heavy atom. The lowest BCUT2D eigenvalue weighted by atomic mass is 9.95. The zero-order valence-electron chi connectivity index (χ0n) is 17.4. The summed E-state index contributed by atoms with van der Waals surface area (Å²) in [6.45, 7) is 0. The van der Waals surface area contributed by atoms with Crippen LogP contribution in [0, 0.1) is 0 Å². The summed E-state index contributed by atoms with van der Waals surface area (Å²) in [5, 5.41) is 0. The Labute approximate surface area is 187 Å². The molecule has 32 heavy (non-hydrogen) atoms. The first kappa shape index (κ1) is 19.6. The highest BCUT2D eigenvalue weighted by Crippen LogP contribution is 2.40. The van der Waals surface area contributed by atoms with Gasteiger partial charge in [-0.2, -0.15) is 0 Å². The van der Waals surface area contributed by atoms with Crippen LogP contribution < -0.4 is 9.47 Å². The minimum absolute atomic E-state index is 0.528. The van der Waals surface area contributed by atoms with E-state index in [-0.39, 0.29) is 0 Å². The lowest BCUT2D eigenvalue weighted by Crippen LogP contribution is -1.95. The first-order valence-corrected chi connectivity index (χ1v) is 10.5. The third-order valence-electron chi connectivity index (χ3n) is 5.06. The number of aromatic nitrogens is 1. The third-order valence-corrected chi connectivity index (χ3v) is 5.06. The molecule has 0 aliphatic rings. The van der Waals surface area contributed by atoms with Crippen LogP contribution in [-0.4, -0.2) is 4.98 Å². The van der Waals surface area contributed by atoms with Crippen LogP contribution in [-0.2, 0) is 0 Å². The molecule has 4 aromatic carbocycles. The zero-order chi connectivity index (χ0) is 21.6. The largest absolute Gasteiger partial charge is 0.456 e. The number of nitrogens with zero attached hydrogens (tertiary/aromatic N) is 1. The van der Waals surface area contributed by atoms with E-state index in [0.717, 1.165) is 33.8 Å². The van der Waals surface area contributed by atoms with Crippen LogP contribution >= 0.6 is 0 Å². The van der Waals surface area contributed by atoms with E-state index in [1.165, 1.54) is 0 Å². The van der Waals surface area contributed by atoms with E-state index in [1.54, 1.807) is 6.20 Å². The number of para-hydroxylation sites is 2. The minimum atomic E-state index is 0.528. The number of hydrogen-bond donors (Lipinski definition) is 0. The molecule has 5 rings (SSSR count). The van der Waals surface area contributed by atoms with Gasteiger partial charge in [-0.15, -0.1) is 0 Å². The van der Waals surface area contributed by atoms with Crippen LogP contribution in [0.3, 0.4) is 0 Å². The molecule has 0 fully saturated rings. The van der Waals surface area contributed by atoms with Crippen molar-refractivity contribution in [2.24, 2.45) is 0 Å². The standard InChI is InChI=1S/C29H21NO2/c1-4-12-22(13-5-1)26-18-10-11-19-27(26)28-20-25(31-23-14-6-2-7-15-23)21-30-29(28)32-24-16-8-3-9-17-24/h1-21H. The van der Waals surface area contributed by atoms with Gasteiger partial charge in [-0.3, -0.25) is 0 Å². The van der Waals surface area contributed by atoms with E-state index < -0.39 is 0 Å². The Bertz CT molecular complexity index is 1300. The van der Waals surface area contributed by atoms with E-state index >= 15 is 0 Å². The van der Waals surface area contributed by atoms with Crippen molar-refractivity contribution in [3.63, 3.8) is 0 Å². The van der Waals surface area contributed by atoms with Crippen molar-refractivity contribution in [1.82, 2.24) is 4.98 Å². The summed E-state index contributed by atoms with van der Waals surface area (Å²) < 4.78 is 12.3. The van der Waals surface area contributed by atoms with E-state index in [2.05, 4.69) is 29.2 Å². The maximum absolute atomic E-state index is 6.19. The molecule has 0 atom stereocenters. The average molecular weight is 415 g/mol. The summed E-state index contributed by atoms with van der Waals surface area (Å²) in [7, 11) is 0. The van der Waals surface area contributed by atoms with Gasteiger partial charge in [0.1, 0.15) is 17.2 Å². The maximum atomic E-state index is 6.19. The van der Waals surface area contributed by atoms with Crippen LogP contribution in [0.25, 0.3) is 22.3 Å². The molecular weight excluding hydrogens is 394 g/mol. The summed E-state index contributed by atoms with van der Waals surface area (Å²) in [6, 6.07) is 40.0. The molecule has 0 N–H and O–H groups in total. The van der Waals surface area contributed by atoms with Crippen LogP contribution in [0.15, 0.2) is 128 Å². The van der Waals surface area contributed by atoms with Crippen molar-refractivity contribution >= 4 is 0 Å². The monoisotopic (exact) mass is 415 g/mol. The van der Waals surface area contributed by atoms with Gasteiger partial charge >= 0.3 is 0 Å². The summed E-state index contributed by atoms with van der Waals surface area (Å²) in [4.78, 5) is 4.63. The highest BCUT2D eigenvalue weighted by atomic mass is 16.5. The van der Waals surface area contributed by atoms with Crippen molar-refractivity contribution in [1.29, 1.82) is 0 Å². The average Bonchev–Trinajstić information content (AvgIpc) is 2.87. The molecule has 0 amide bonds. The molecule has 0 unspecified atom stereocenters. The van der Waals surface area contributed by atoms with Crippen molar-refractivity contribution < 1.29 is 9.47 Å². The van der Waals surface area contributed by atoms with Gasteiger partial charge in [0, 0.05) is 5.56 Å². The number of pyridine rings is 1. The van der Waals surface area contributed by atoms with E-state index in [0.29, 0.717) is 11.6 Å². The summed E-state index contributed by atoms with van der Waals surface area (Å²) in [5.74, 6) is 2.66. The number of ether oxygens (including phenoxy) is 2. The number of rotatable bonds is 6. The van der Waals surface area contributed by atoms with Gasteiger partial charge in [-0.1, -0.05) is 91.0 Å². The van der Waals surface area contributed by atoms with Gasteiger partial charge in [0.05, 0.1) is 6.20 Å². The van der Waals surface area contributed by atoms with Crippen LogP contribution in [0.2, 0.25) is 0 Å². The number of benzene rings is 4. The van der Waals surface area contributed by atoms with Gasteiger partial charge in [0.2, 0.25) is 5.88 Å². The fraction of sp³-hybridized carbons (Fsp3) is 0. The quantitative estimate of drug-likeness (QED) is 0.281. The normalized spacial score (nSPS) is 10.5. The summed E-state index contributed by atoms with van der Waals surface area (Å²) >= 11 is 0. The SMILES string of the molecule is c1ccc(Oc2cnc(Oc3ccccc3)c(-c3ccccc3-c3ccccc3)c2)cc1. The highest BCUT2D eigenvalue weighted by Gasteiger charge is 2.16. The lowest BCUT2D eigenvalue weighted by molar-refractivity contribution is 0.453. The predicted molar refractivity (Wildman–Crippen MR) is 128 cm³/mol. The first-order chi connectivity index (χ1) is 15.9. The molecule has 0 bridgehead atoms. The third kappa shape index (κ3) is 4.37. The maximum Gasteiger partial charge on any atom is 0.227 e. The second-order valence-corrected chi connectivity index (χ2v) is 7.27. The zero-order valence-corrected chi connectivity index (χ0v) is 17.4. The second-order valence-electron chi connectivity index (χ2n) is 7.27. The van der Waals surface area contributed by atoms with E-state index in [9.17, 15) is 0 Å². The molecule has 154 valence electrons. The van der Waals surface area contributed by atoms with Gasteiger partial charge in [0.25, 0.3) is 0 Å². The molecule has 0 saturated carbocycles. The van der Waals surface area contributed by atoms with Crippen molar-refractivity contribution in [3.05, 3.63) is 128 Å². The van der Waals surface area contributed by atoms with Gasteiger partial charge in [0.15, 0.2) is 0 Å². The second kappa shape index (κ2) is 9.19. The topological polar surface area (TPSA) is 31.4 Å². The molecule has 5 aromatic rings. The highest BCUT2D eigenvalue weighted by molar-refractivity contribution is 5.86. The molecule has 0 aliphatic carbocycles. The fourth-order valence-corrected chi connectivity index (χ4v) is 3.58. The Balaban J connectivity index is 1.62. The molecule has 0 radical (unpaired) electrons. The Morgan fingerprint density at radius 2 is 0.969 bits per heavy atom. The molecular formula is C29H21NO2. The molecule has 3 heteroatoms. The van der Waals surface area contributed by atoms with Crippen LogP contribution in [0.5, 0.6) is 23.1 Å². The molecule has 3 nitrogen and oxygen atoms in total. The lowest BCUT2D eigenvalue weighted by Gasteiger charge is -2.15. The van der Waals surface area contributed by atoms with Crippen LogP contribution in [0.1, 0.15) is 0 Å². The van der Waals surface area contributed by atoms with Crippen LogP contribution in [0.4, 0.5) is 0 Å². The minimum Gasteiger partial charge on any atom is -0.456 e. The molecule has 0 spiro atoms. The van der Waals surface area contributed by atoms with Gasteiger partial charge < -0.3 is 9.47 Å². The van der Waals surface area contributed by atoms with Gasteiger partial charge in [-0.25, -0.2) is 4.98 Å². The first-order valence-electron chi connectivity index (χ1n) is 10.5. The predicted octanol–water partition coefficient (Wildman–Crippen LogP) is 8.00. The Kier molecular flexibility index (Phi) is 5.62. The van der Waals surface area contributed by atoms with E-state index in [4.69, 9.17) is 9.47 Å². The summed E-state index contributed by atoms with van der Waals surface area (Å²) in [5.41, 5.74) is 4.12. The molecule has 1 heterocycles. The van der Waals surface area contributed by atoms with Crippen molar-refractivity contribution in [2.75, 3.05) is 0 Å². The van der Waals surface area contributed by atoms with Crippen molar-refractivity contribution in [2.45, 2.75) is 0 Å². The van der Waals surface area contributed by atoms with Crippen molar-refractivity contribution in [3.8, 4) is 45.4 Å². The summed E-state index contributed by atoms with van der Waals surface area (Å²) in [6.07, 6.45) is 1.69. The fourth-order valence-electron chi connectivity index (χ4n) is 3.58. The molecule has 0 aliphatic heterocycles. The van der Waals surface area contributed by atoms with Gasteiger partial charge in [-0.05, 0) is 47.0 Å². The molecule has 1 aromatic heterocycles.